The maximum Gasteiger partial charge on any atom is 0.413 e. The number of thioether (sulfide) groups is 1. The van der Waals surface area contributed by atoms with Crippen LogP contribution in [0, 0.1) is 0 Å². The van der Waals surface area contributed by atoms with E-state index in [9.17, 15) is 4.79 Å². The van der Waals surface area contributed by atoms with E-state index in [0.717, 1.165) is 5.56 Å². The molecule has 0 aliphatic carbocycles. The molecule has 0 aliphatic heterocycles. The molecule has 2 rings (SSSR count). The number of rotatable bonds is 3. The van der Waals surface area contributed by atoms with Crippen LogP contribution in [0.15, 0.2) is 35.6 Å². The molecule has 5 nitrogen and oxygen atoms in total. The van der Waals surface area contributed by atoms with Crippen LogP contribution in [0.4, 0.5) is 10.6 Å². The number of hydrogen-bond acceptors (Lipinski definition) is 5. The minimum atomic E-state index is -0.593. The minimum absolute atomic E-state index is 0.367. The standard InChI is InChI=1S/C16H18ClN3O2S/c1-16(2,3)22-15(21)20-13-11(9-18-14(19-13)23-4)10-7-5-6-8-12(10)17/h5-9H,1-4H3,(H,18,19,20,21). The lowest BCUT2D eigenvalue weighted by atomic mass is 10.1. The Morgan fingerprint density at radius 1 is 1.26 bits per heavy atom. The first-order valence-electron chi connectivity index (χ1n) is 6.96. The number of ether oxygens (including phenoxy) is 1. The summed E-state index contributed by atoms with van der Waals surface area (Å²) in [5.74, 6) is 0.367. The fraction of sp³-hybridized carbons (Fsp3) is 0.312. The van der Waals surface area contributed by atoms with Crippen molar-refractivity contribution in [2.75, 3.05) is 11.6 Å². The lowest BCUT2D eigenvalue weighted by Crippen LogP contribution is -2.27. The van der Waals surface area contributed by atoms with Crippen molar-refractivity contribution in [3.8, 4) is 11.1 Å². The van der Waals surface area contributed by atoms with Gasteiger partial charge >= 0.3 is 6.09 Å². The van der Waals surface area contributed by atoms with E-state index in [-0.39, 0.29) is 0 Å². The normalized spacial score (nSPS) is 11.2. The molecule has 0 atom stereocenters. The monoisotopic (exact) mass is 351 g/mol. The van der Waals surface area contributed by atoms with Gasteiger partial charge in [0.05, 0.1) is 0 Å². The van der Waals surface area contributed by atoms with Gasteiger partial charge in [-0.25, -0.2) is 14.8 Å². The fourth-order valence-electron chi connectivity index (χ4n) is 1.84. The molecule has 0 unspecified atom stereocenters. The predicted molar refractivity (Wildman–Crippen MR) is 94.1 cm³/mol. The average molecular weight is 352 g/mol. The number of amides is 1. The average Bonchev–Trinajstić information content (AvgIpc) is 2.46. The molecule has 1 heterocycles. The highest BCUT2D eigenvalue weighted by Gasteiger charge is 2.19. The molecular weight excluding hydrogens is 334 g/mol. The van der Waals surface area contributed by atoms with Crippen LogP contribution >= 0.6 is 23.4 Å². The third-order valence-electron chi connectivity index (χ3n) is 2.73. The summed E-state index contributed by atoms with van der Waals surface area (Å²) in [6.45, 7) is 5.40. The van der Waals surface area contributed by atoms with Gasteiger partial charge in [-0.05, 0) is 33.1 Å². The molecule has 7 heteroatoms. The zero-order chi connectivity index (χ0) is 17.0. The summed E-state index contributed by atoms with van der Waals surface area (Å²) in [7, 11) is 0. The summed E-state index contributed by atoms with van der Waals surface area (Å²) < 4.78 is 5.29. The predicted octanol–water partition coefficient (Wildman–Crippen LogP) is 4.87. The smallest absolute Gasteiger partial charge is 0.413 e. The Kier molecular flexibility index (Phi) is 5.49. The van der Waals surface area contributed by atoms with E-state index in [2.05, 4.69) is 15.3 Å². The van der Waals surface area contributed by atoms with Crippen molar-refractivity contribution < 1.29 is 9.53 Å². The first-order chi connectivity index (χ1) is 10.8. The summed E-state index contributed by atoms with van der Waals surface area (Å²) in [5.41, 5.74) is 0.788. The van der Waals surface area contributed by atoms with E-state index in [1.807, 2.05) is 24.5 Å². The Bertz CT molecular complexity index is 717. The molecule has 0 saturated heterocycles. The Labute approximate surface area is 144 Å². The Balaban J connectivity index is 2.40. The van der Waals surface area contributed by atoms with Crippen molar-refractivity contribution in [1.82, 2.24) is 9.97 Å². The molecule has 0 bridgehead atoms. The van der Waals surface area contributed by atoms with Gasteiger partial charge in [-0.3, -0.25) is 5.32 Å². The molecule has 0 radical (unpaired) electrons. The lowest BCUT2D eigenvalue weighted by Gasteiger charge is -2.20. The van der Waals surface area contributed by atoms with E-state index in [4.69, 9.17) is 16.3 Å². The second kappa shape index (κ2) is 7.19. The minimum Gasteiger partial charge on any atom is -0.444 e. The largest absolute Gasteiger partial charge is 0.444 e. The number of carbonyl (C=O) groups is 1. The van der Waals surface area contributed by atoms with Gasteiger partial charge in [-0.1, -0.05) is 41.6 Å². The fourth-order valence-corrected chi connectivity index (χ4v) is 2.41. The van der Waals surface area contributed by atoms with Crippen molar-refractivity contribution in [3.63, 3.8) is 0 Å². The van der Waals surface area contributed by atoms with Crippen LogP contribution < -0.4 is 5.32 Å². The highest BCUT2D eigenvalue weighted by Crippen LogP contribution is 2.32. The van der Waals surface area contributed by atoms with Gasteiger partial charge in [0, 0.05) is 22.3 Å². The molecule has 1 aromatic carbocycles. The van der Waals surface area contributed by atoms with Crippen molar-refractivity contribution in [1.29, 1.82) is 0 Å². The molecule has 0 saturated carbocycles. The van der Waals surface area contributed by atoms with Crippen LogP contribution in [0.25, 0.3) is 11.1 Å². The molecule has 0 spiro atoms. The third kappa shape index (κ3) is 4.84. The van der Waals surface area contributed by atoms with E-state index in [1.165, 1.54) is 11.8 Å². The molecule has 2 aromatic rings. The maximum atomic E-state index is 12.1. The number of anilines is 1. The zero-order valence-corrected chi connectivity index (χ0v) is 15.0. The summed E-state index contributed by atoms with van der Waals surface area (Å²) in [6.07, 6.45) is 2.94. The number of aromatic nitrogens is 2. The summed E-state index contributed by atoms with van der Waals surface area (Å²) in [6, 6.07) is 7.32. The summed E-state index contributed by atoms with van der Waals surface area (Å²) in [4.78, 5) is 20.7. The highest BCUT2D eigenvalue weighted by atomic mass is 35.5. The number of nitrogens with one attached hydrogen (secondary N) is 1. The molecule has 0 fully saturated rings. The zero-order valence-electron chi connectivity index (χ0n) is 13.4. The Hall–Kier alpha value is -1.79. The quantitative estimate of drug-likeness (QED) is 0.631. The van der Waals surface area contributed by atoms with Gasteiger partial charge in [0.1, 0.15) is 11.4 Å². The SMILES string of the molecule is CSc1ncc(-c2ccccc2Cl)c(NC(=O)OC(C)(C)C)n1. The van der Waals surface area contributed by atoms with Gasteiger partial charge in [-0.15, -0.1) is 0 Å². The second-order valence-electron chi connectivity index (χ2n) is 5.73. The van der Waals surface area contributed by atoms with Crippen LogP contribution in [0.5, 0.6) is 0 Å². The van der Waals surface area contributed by atoms with Gasteiger partial charge in [0.15, 0.2) is 5.16 Å². The maximum absolute atomic E-state index is 12.1. The lowest BCUT2D eigenvalue weighted by molar-refractivity contribution is 0.0635. The number of halogens is 1. The Morgan fingerprint density at radius 3 is 2.57 bits per heavy atom. The second-order valence-corrected chi connectivity index (χ2v) is 6.91. The molecule has 0 aliphatic rings. The van der Waals surface area contributed by atoms with Crippen LogP contribution in [0.3, 0.4) is 0 Å². The van der Waals surface area contributed by atoms with Crippen molar-refractivity contribution in [2.24, 2.45) is 0 Å². The van der Waals surface area contributed by atoms with Crippen LogP contribution in [-0.2, 0) is 4.74 Å². The number of carbonyl (C=O) groups excluding carboxylic acids is 1. The number of hydrogen-bond donors (Lipinski definition) is 1. The van der Waals surface area contributed by atoms with E-state index in [0.29, 0.717) is 21.6 Å². The van der Waals surface area contributed by atoms with Crippen molar-refractivity contribution in [2.45, 2.75) is 31.5 Å². The first-order valence-corrected chi connectivity index (χ1v) is 8.56. The van der Waals surface area contributed by atoms with E-state index >= 15 is 0 Å². The van der Waals surface area contributed by atoms with Crippen LogP contribution in [0.2, 0.25) is 5.02 Å². The van der Waals surface area contributed by atoms with Crippen LogP contribution in [0.1, 0.15) is 20.8 Å². The van der Waals surface area contributed by atoms with Gasteiger partial charge in [0.2, 0.25) is 0 Å². The van der Waals surface area contributed by atoms with Crippen LogP contribution in [-0.4, -0.2) is 27.9 Å². The number of benzene rings is 1. The molecular formula is C16H18ClN3O2S. The summed E-state index contributed by atoms with van der Waals surface area (Å²) >= 11 is 7.63. The molecule has 1 amide bonds. The van der Waals surface area contributed by atoms with Crippen molar-refractivity contribution in [3.05, 3.63) is 35.5 Å². The van der Waals surface area contributed by atoms with Crippen molar-refractivity contribution >= 4 is 35.3 Å². The Morgan fingerprint density at radius 2 is 1.96 bits per heavy atom. The van der Waals surface area contributed by atoms with Gasteiger partial charge < -0.3 is 4.74 Å². The molecule has 23 heavy (non-hydrogen) atoms. The first kappa shape index (κ1) is 17.6. The topological polar surface area (TPSA) is 64.1 Å². The highest BCUT2D eigenvalue weighted by molar-refractivity contribution is 7.98. The van der Waals surface area contributed by atoms with Gasteiger partial charge in [0.25, 0.3) is 0 Å². The molecule has 1 aromatic heterocycles. The van der Waals surface area contributed by atoms with Gasteiger partial charge in [-0.2, -0.15) is 0 Å². The summed E-state index contributed by atoms with van der Waals surface area (Å²) in [5, 5.41) is 3.79. The molecule has 1 N–H and O–H groups in total. The third-order valence-corrected chi connectivity index (χ3v) is 3.62. The number of nitrogens with zero attached hydrogens (tertiary/aromatic N) is 2. The van der Waals surface area contributed by atoms with E-state index in [1.54, 1.807) is 33.0 Å². The molecule has 122 valence electrons. The van der Waals surface area contributed by atoms with E-state index < -0.39 is 11.7 Å².